The van der Waals surface area contributed by atoms with E-state index >= 15 is 4.39 Å². The Labute approximate surface area is 211 Å². The topological polar surface area (TPSA) is 35.5 Å². The van der Waals surface area contributed by atoms with Crippen LogP contribution in [0.5, 0.6) is 5.75 Å². The first kappa shape index (κ1) is 24.9. The fourth-order valence-electron chi connectivity index (χ4n) is 4.03. The zero-order chi connectivity index (χ0) is 25.3. The molecule has 0 radical (unpaired) electrons. The predicted octanol–water partition coefficient (Wildman–Crippen LogP) is 7.89. The highest BCUT2D eigenvalue weighted by Crippen LogP contribution is 2.30. The minimum Gasteiger partial charge on any atom is -0.490 e. The van der Waals surface area contributed by atoms with Crippen molar-refractivity contribution in [2.45, 2.75) is 19.8 Å². The van der Waals surface area contributed by atoms with E-state index in [9.17, 15) is 4.79 Å². The Balaban J connectivity index is 1.41. The number of carbonyl (C=O) groups excluding carboxylic acids is 1. The lowest BCUT2D eigenvalue weighted by Crippen LogP contribution is -2.10. The number of halogens is 1. The molecule has 0 amide bonds. The Kier molecular flexibility index (Phi) is 8.30. The average molecular weight is 481 g/mol. The molecular weight excluding hydrogens is 451 g/mol. The maximum absolute atomic E-state index is 15.0. The number of rotatable bonds is 10. The van der Waals surface area contributed by atoms with Gasteiger partial charge in [0, 0.05) is 11.6 Å². The normalized spacial score (nSPS) is 10.6. The molecule has 4 rings (SSSR count). The molecule has 0 aliphatic rings. The first-order chi connectivity index (χ1) is 17.6. The van der Waals surface area contributed by atoms with Gasteiger partial charge in [-0.15, -0.1) is 0 Å². The van der Waals surface area contributed by atoms with Crippen molar-refractivity contribution in [3.63, 3.8) is 0 Å². The summed E-state index contributed by atoms with van der Waals surface area (Å²) in [6, 6.07) is 29.3. The van der Waals surface area contributed by atoms with Crippen LogP contribution in [0.1, 0.15) is 18.9 Å². The third kappa shape index (κ3) is 6.28. The SMILES string of the molecule is C=CC(=O)OCCOc1ccc(-c2ccc(-c3ccc(-c4ccc(CCC)cc4)cc3F)cc2)cc1. The van der Waals surface area contributed by atoms with E-state index < -0.39 is 5.97 Å². The second-order valence-corrected chi connectivity index (χ2v) is 8.46. The molecule has 182 valence electrons. The fraction of sp³-hybridized carbons (Fsp3) is 0.156. The van der Waals surface area contributed by atoms with E-state index in [2.05, 4.69) is 37.8 Å². The fourth-order valence-corrected chi connectivity index (χ4v) is 4.03. The number of aryl methyl sites for hydroxylation is 1. The number of esters is 1. The highest BCUT2D eigenvalue weighted by atomic mass is 19.1. The minimum atomic E-state index is -0.467. The van der Waals surface area contributed by atoms with Gasteiger partial charge >= 0.3 is 5.97 Å². The standard InChI is InChI=1S/C32H29FO3/c1-3-5-23-6-8-26(9-7-23)28-16-19-30(31(33)22-28)27-12-10-24(11-13-27)25-14-17-29(18-15-25)35-20-21-36-32(34)4-2/h4,6-19,22H,2-3,5,20-21H2,1H3. The lowest BCUT2D eigenvalue weighted by Gasteiger charge is -2.10. The monoisotopic (exact) mass is 480 g/mol. The Hall–Kier alpha value is -4.18. The van der Waals surface area contributed by atoms with Gasteiger partial charge in [0.05, 0.1) is 0 Å². The number of hydrogen-bond acceptors (Lipinski definition) is 3. The molecule has 0 heterocycles. The van der Waals surface area contributed by atoms with Crippen molar-refractivity contribution < 1.29 is 18.7 Å². The Morgan fingerprint density at radius 2 is 1.33 bits per heavy atom. The smallest absolute Gasteiger partial charge is 0.330 e. The highest BCUT2D eigenvalue weighted by molar-refractivity contribution is 5.81. The van der Waals surface area contributed by atoms with Gasteiger partial charge in [-0.1, -0.05) is 92.7 Å². The summed E-state index contributed by atoms with van der Waals surface area (Å²) < 4.78 is 25.5. The molecule has 0 bridgehead atoms. The van der Waals surface area contributed by atoms with Crippen LogP contribution in [0, 0.1) is 5.82 Å². The molecule has 0 spiro atoms. The van der Waals surface area contributed by atoms with Crippen molar-refractivity contribution in [1.82, 2.24) is 0 Å². The van der Waals surface area contributed by atoms with E-state index in [-0.39, 0.29) is 19.0 Å². The predicted molar refractivity (Wildman–Crippen MR) is 143 cm³/mol. The zero-order valence-corrected chi connectivity index (χ0v) is 20.4. The van der Waals surface area contributed by atoms with E-state index in [1.807, 2.05) is 60.7 Å². The molecule has 4 aromatic carbocycles. The summed E-state index contributed by atoms with van der Waals surface area (Å²) in [6.45, 7) is 5.94. The van der Waals surface area contributed by atoms with Crippen molar-refractivity contribution in [2.24, 2.45) is 0 Å². The molecule has 0 N–H and O–H groups in total. The summed E-state index contributed by atoms with van der Waals surface area (Å²) in [5.74, 6) is -0.0179. The molecule has 0 aliphatic heterocycles. The van der Waals surface area contributed by atoms with Crippen LogP contribution in [-0.2, 0) is 16.0 Å². The van der Waals surface area contributed by atoms with Crippen molar-refractivity contribution in [3.8, 4) is 39.1 Å². The highest BCUT2D eigenvalue weighted by Gasteiger charge is 2.09. The Morgan fingerprint density at radius 3 is 1.94 bits per heavy atom. The molecule has 0 saturated heterocycles. The molecule has 0 aromatic heterocycles. The van der Waals surface area contributed by atoms with Crippen LogP contribution < -0.4 is 4.74 Å². The third-order valence-electron chi connectivity index (χ3n) is 5.94. The first-order valence-corrected chi connectivity index (χ1v) is 12.1. The van der Waals surface area contributed by atoms with Gasteiger partial charge in [0.25, 0.3) is 0 Å². The van der Waals surface area contributed by atoms with E-state index in [0.717, 1.165) is 46.7 Å². The van der Waals surface area contributed by atoms with E-state index in [1.54, 1.807) is 6.07 Å². The first-order valence-electron chi connectivity index (χ1n) is 12.1. The molecular formula is C32H29FO3. The number of ether oxygens (including phenoxy) is 2. The van der Waals surface area contributed by atoms with Crippen LogP contribution in [0.15, 0.2) is 104 Å². The Morgan fingerprint density at radius 1 is 0.778 bits per heavy atom. The number of carbonyl (C=O) groups is 1. The van der Waals surface area contributed by atoms with Gasteiger partial charge in [-0.2, -0.15) is 0 Å². The summed E-state index contributed by atoms with van der Waals surface area (Å²) in [5.41, 5.74) is 6.64. The van der Waals surface area contributed by atoms with Crippen LogP contribution in [0.3, 0.4) is 0 Å². The Bertz CT molecular complexity index is 1310. The molecule has 4 heteroatoms. The lowest BCUT2D eigenvalue weighted by molar-refractivity contribution is -0.138. The van der Waals surface area contributed by atoms with Crippen LogP contribution in [0.2, 0.25) is 0 Å². The number of hydrogen-bond donors (Lipinski definition) is 0. The van der Waals surface area contributed by atoms with Crippen molar-refractivity contribution in [2.75, 3.05) is 13.2 Å². The van der Waals surface area contributed by atoms with E-state index in [1.165, 1.54) is 5.56 Å². The summed E-state index contributed by atoms with van der Waals surface area (Å²) in [7, 11) is 0. The van der Waals surface area contributed by atoms with Crippen LogP contribution >= 0.6 is 0 Å². The molecule has 3 nitrogen and oxygen atoms in total. The zero-order valence-electron chi connectivity index (χ0n) is 20.4. The lowest BCUT2D eigenvalue weighted by atomic mass is 9.97. The van der Waals surface area contributed by atoms with E-state index in [4.69, 9.17) is 9.47 Å². The van der Waals surface area contributed by atoms with Gasteiger partial charge in [0.1, 0.15) is 24.8 Å². The minimum absolute atomic E-state index is 0.164. The maximum atomic E-state index is 15.0. The van der Waals surface area contributed by atoms with Crippen molar-refractivity contribution >= 4 is 5.97 Å². The van der Waals surface area contributed by atoms with Gasteiger partial charge in [-0.25, -0.2) is 9.18 Å². The third-order valence-corrected chi connectivity index (χ3v) is 5.94. The largest absolute Gasteiger partial charge is 0.490 e. The van der Waals surface area contributed by atoms with E-state index in [0.29, 0.717) is 11.3 Å². The molecule has 0 aliphatic carbocycles. The summed E-state index contributed by atoms with van der Waals surface area (Å²) in [4.78, 5) is 11.0. The van der Waals surface area contributed by atoms with Gasteiger partial charge < -0.3 is 9.47 Å². The summed E-state index contributed by atoms with van der Waals surface area (Å²) in [5, 5.41) is 0. The summed E-state index contributed by atoms with van der Waals surface area (Å²) in [6.07, 6.45) is 3.28. The molecule has 0 fully saturated rings. The van der Waals surface area contributed by atoms with Gasteiger partial charge in [0.2, 0.25) is 0 Å². The average Bonchev–Trinajstić information content (AvgIpc) is 2.92. The van der Waals surface area contributed by atoms with Gasteiger partial charge in [0.15, 0.2) is 0 Å². The van der Waals surface area contributed by atoms with Gasteiger partial charge in [-0.05, 0) is 58.0 Å². The molecule has 4 aromatic rings. The molecule has 0 atom stereocenters. The molecule has 0 saturated carbocycles. The second kappa shape index (κ2) is 12.0. The van der Waals surface area contributed by atoms with Gasteiger partial charge in [-0.3, -0.25) is 0 Å². The van der Waals surface area contributed by atoms with Crippen LogP contribution in [0.25, 0.3) is 33.4 Å². The van der Waals surface area contributed by atoms with Crippen LogP contribution in [0.4, 0.5) is 4.39 Å². The van der Waals surface area contributed by atoms with Crippen molar-refractivity contribution in [1.29, 1.82) is 0 Å². The maximum Gasteiger partial charge on any atom is 0.330 e. The van der Waals surface area contributed by atoms with Crippen molar-refractivity contribution in [3.05, 3.63) is 115 Å². The quantitative estimate of drug-likeness (QED) is 0.132. The molecule has 36 heavy (non-hydrogen) atoms. The van der Waals surface area contributed by atoms with Crippen LogP contribution in [-0.4, -0.2) is 19.2 Å². The number of benzene rings is 4. The second-order valence-electron chi connectivity index (χ2n) is 8.46. The molecule has 0 unspecified atom stereocenters. The summed E-state index contributed by atoms with van der Waals surface area (Å²) >= 11 is 0.